The van der Waals surface area contributed by atoms with Crippen molar-refractivity contribution in [1.82, 2.24) is 0 Å². The van der Waals surface area contributed by atoms with Crippen LogP contribution >= 0.6 is 0 Å². The van der Waals surface area contributed by atoms with Gasteiger partial charge in [-0.3, -0.25) is 4.79 Å². The minimum Gasteiger partial charge on any atom is -0.481 e. The van der Waals surface area contributed by atoms with Gasteiger partial charge < -0.3 is 35.7 Å². The van der Waals surface area contributed by atoms with Crippen LogP contribution in [-0.2, 0) is 4.79 Å². The number of carboxylic acids is 1. The molecule has 6 aliphatic rings. The van der Waals surface area contributed by atoms with Crippen LogP contribution in [0.4, 0.5) is 0 Å². The Balaban J connectivity index is 1.47. The van der Waals surface area contributed by atoms with E-state index in [9.17, 15) is 40.5 Å². The van der Waals surface area contributed by atoms with E-state index in [1.165, 1.54) is 0 Å². The first-order valence-corrected chi connectivity index (χ1v) is 14.5. The highest BCUT2D eigenvalue weighted by atomic mass is 16.4. The van der Waals surface area contributed by atoms with Crippen molar-refractivity contribution in [3.05, 3.63) is 12.2 Å². The van der Waals surface area contributed by atoms with E-state index >= 15 is 0 Å². The van der Waals surface area contributed by atoms with Crippen LogP contribution in [0.25, 0.3) is 0 Å². The van der Waals surface area contributed by atoms with Gasteiger partial charge in [0.15, 0.2) is 0 Å². The number of aliphatic hydroxyl groups is 6. The van der Waals surface area contributed by atoms with E-state index in [4.69, 9.17) is 0 Å². The molecule has 5 saturated carbocycles. The van der Waals surface area contributed by atoms with Crippen LogP contribution in [0.15, 0.2) is 12.2 Å². The molecule has 0 aromatic heterocycles. The lowest BCUT2D eigenvalue weighted by molar-refractivity contribution is -0.251. The molecule has 0 aliphatic heterocycles. The van der Waals surface area contributed by atoms with Crippen LogP contribution < -0.4 is 0 Å². The van der Waals surface area contributed by atoms with Gasteiger partial charge in [-0.15, -0.1) is 0 Å². The van der Waals surface area contributed by atoms with Crippen molar-refractivity contribution in [3.8, 4) is 0 Å². The maximum absolute atomic E-state index is 12.9. The predicted octanol–water partition coefficient (Wildman–Crippen LogP) is 1.70. The zero-order valence-corrected chi connectivity index (χ0v) is 22.9. The summed E-state index contributed by atoms with van der Waals surface area (Å²) in [6.45, 7) is 5.53. The highest BCUT2D eigenvalue weighted by molar-refractivity contribution is 5.77. The molecule has 0 spiro atoms. The molecule has 214 valence electrons. The molecule has 0 saturated heterocycles. The number of hydrogen-bond acceptors (Lipinski definition) is 7. The third kappa shape index (κ3) is 2.71. The second kappa shape index (κ2) is 7.83. The van der Waals surface area contributed by atoms with Gasteiger partial charge in [-0.05, 0) is 96.2 Å². The summed E-state index contributed by atoms with van der Waals surface area (Å²) in [5.41, 5.74) is -4.13. The lowest BCUT2D eigenvalue weighted by atomic mass is 9.36. The van der Waals surface area contributed by atoms with Crippen molar-refractivity contribution in [3.63, 3.8) is 0 Å². The quantitative estimate of drug-likeness (QED) is 0.269. The first kappa shape index (κ1) is 27.2. The van der Waals surface area contributed by atoms with Gasteiger partial charge >= 0.3 is 5.97 Å². The molecule has 0 amide bonds. The van der Waals surface area contributed by atoms with Gasteiger partial charge in [0.2, 0.25) is 0 Å². The van der Waals surface area contributed by atoms with E-state index < -0.39 is 59.2 Å². The molecular formula is C30H46O8. The Morgan fingerprint density at radius 2 is 1.58 bits per heavy atom. The minimum atomic E-state index is -1.22. The molecule has 0 radical (unpaired) electrons. The lowest BCUT2D eigenvalue weighted by Crippen LogP contribution is -2.69. The standard InChI is InChI=1S/C30H46O8/c1-24(14-31)11-20-28-7-5-18-25(2)10-17(34)22(36)27(15-32,16-33)19(25)4-6-26(18,3)29(28,13-28)8-9-30(20,23(37)38)21(35)12-24/h5,7,17-22,31-36H,4,6,8-16H2,1-3H3,(H,37,38)/t17-,18?,19?,20?,21?,22+,24?,25-,26-,28?,29?,30+/m1/s1. The molecule has 0 heterocycles. The normalized spacial score (nSPS) is 58.0. The summed E-state index contributed by atoms with van der Waals surface area (Å²) in [6.07, 6.45) is 5.91. The molecule has 12 atom stereocenters. The second-order valence-corrected chi connectivity index (χ2v) is 15.2. The van der Waals surface area contributed by atoms with E-state index in [1.807, 2.05) is 6.92 Å². The Morgan fingerprint density at radius 3 is 2.18 bits per heavy atom. The summed E-state index contributed by atoms with van der Waals surface area (Å²) in [5, 5.41) is 75.1. The Bertz CT molecular complexity index is 1060. The summed E-state index contributed by atoms with van der Waals surface area (Å²) in [5.74, 6) is -1.36. The fourth-order valence-electron chi connectivity index (χ4n) is 12.1. The third-order valence-corrected chi connectivity index (χ3v) is 14.0. The van der Waals surface area contributed by atoms with E-state index in [2.05, 4.69) is 26.0 Å². The van der Waals surface area contributed by atoms with Crippen molar-refractivity contribution in [1.29, 1.82) is 0 Å². The number of fused-ring (bicyclic) bond motifs is 4. The summed E-state index contributed by atoms with van der Waals surface area (Å²) in [7, 11) is 0. The first-order chi connectivity index (χ1) is 17.7. The summed E-state index contributed by atoms with van der Waals surface area (Å²) in [6, 6.07) is 0. The van der Waals surface area contributed by atoms with Gasteiger partial charge in [-0.25, -0.2) is 0 Å². The molecule has 0 aromatic rings. The van der Waals surface area contributed by atoms with Crippen LogP contribution in [0.3, 0.4) is 0 Å². The van der Waals surface area contributed by atoms with E-state index in [0.29, 0.717) is 32.1 Å². The molecule has 5 fully saturated rings. The molecule has 8 nitrogen and oxygen atoms in total. The van der Waals surface area contributed by atoms with Gasteiger partial charge in [0, 0.05) is 12.0 Å². The lowest BCUT2D eigenvalue weighted by Gasteiger charge is -2.69. The van der Waals surface area contributed by atoms with Crippen LogP contribution in [0.5, 0.6) is 0 Å². The van der Waals surface area contributed by atoms with Gasteiger partial charge in [-0.1, -0.05) is 32.9 Å². The first-order valence-electron chi connectivity index (χ1n) is 14.5. The Hall–Kier alpha value is -1.03. The average molecular weight is 535 g/mol. The van der Waals surface area contributed by atoms with Gasteiger partial charge in [0.25, 0.3) is 0 Å². The van der Waals surface area contributed by atoms with Crippen molar-refractivity contribution in [2.24, 2.45) is 55.7 Å². The molecular weight excluding hydrogens is 488 g/mol. The van der Waals surface area contributed by atoms with E-state index in [-0.39, 0.29) is 47.0 Å². The zero-order chi connectivity index (χ0) is 27.7. The number of carbonyl (C=O) groups is 1. The van der Waals surface area contributed by atoms with Gasteiger partial charge in [0.1, 0.15) is 0 Å². The maximum Gasteiger partial charge on any atom is 0.312 e. The van der Waals surface area contributed by atoms with Gasteiger partial charge in [0.05, 0.1) is 36.9 Å². The molecule has 38 heavy (non-hydrogen) atoms. The van der Waals surface area contributed by atoms with Gasteiger partial charge in [-0.2, -0.15) is 0 Å². The molecule has 7 unspecified atom stereocenters. The number of rotatable bonds is 4. The molecule has 8 heteroatoms. The minimum absolute atomic E-state index is 0.0269. The number of carboxylic acid groups (broad SMARTS) is 1. The number of allylic oxidation sites excluding steroid dienone is 2. The zero-order valence-electron chi connectivity index (χ0n) is 22.9. The van der Waals surface area contributed by atoms with Crippen LogP contribution in [0.2, 0.25) is 0 Å². The number of aliphatic carboxylic acids is 1. The fourth-order valence-corrected chi connectivity index (χ4v) is 12.1. The molecule has 6 aliphatic carbocycles. The van der Waals surface area contributed by atoms with Crippen molar-refractivity contribution >= 4 is 5.97 Å². The highest BCUT2D eigenvalue weighted by Crippen LogP contribution is 2.90. The number of aliphatic hydroxyl groups excluding tert-OH is 6. The van der Waals surface area contributed by atoms with Crippen molar-refractivity contribution < 1.29 is 40.5 Å². The molecule has 0 bridgehead atoms. The van der Waals surface area contributed by atoms with Crippen LogP contribution in [-0.4, -0.2) is 79.8 Å². The van der Waals surface area contributed by atoms with E-state index in [1.54, 1.807) is 0 Å². The summed E-state index contributed by atoms with van der Waals surface area (Å²) in [4.78, 5) is 12.9. The molecule has 0 aromatic carbocycles. The van der Waals surface area contributed by atoms with Crippen molar-refractivity contribution in [2.75, 3.05) is 19.8 Å². The maximum atomic E-state index is 12.9. The number of hydrogen-bond donors (Lipinski definition) is 7. The highest BCUT2D eigenvalue weighted by Gasteiger charge is 2.85. The monoisotopic (exact) mass is 534 g/mol. The average Bonchev–Trinajstić information content (AvgIpc) is 3.58. The SMILES string of the molecule is CC1(CO)CC(O)[C@]2(C(=O)O)CCC34CC3(C=CC3[C@@]5(C)C[C@@H](O)[C@H](O)C(CO)(CO)C5CC[C@]34C)C2C1. The van der Waals surface area contributed by atoms with Crippen LogP contribution in [0, 0.1) is 55.7 Å². The third-order valence-electron chi connectivity index (χ3n) is 14.0. The smallest absolute Gasteiger partial charge is 0.312 e. The largest absolute Gasteiger partial charge is 0.481 e. The molecule has 7 N–H and O–H groups in total. The Morgan fingerprint density at radius 1 is 0.895 bits per heavy atom. The summed E-state index contributed by atoms with van der Waals surface area (Å²) >= 11 is 0. The fraction of sp³-hybridized carbons (Fsp3) is 0.900. The van der Waals surface area contributed by atoms with E-state index in [0.717, 1.165) is 12.8 Å². The topological polar surface area (TPSA) is 159 Å². The molecule has 6 rings (SSSR count). The Labute approximate surface area is 224 Å². The second-order valence-electron chi connectivity index (χ2n) is 15.2. The predicted molar refractivity (Wildman–Crippen MR) is 138 cm³/mol. The summed E-state index contributed by atoms with van der Waals surface area (Å²) < 4.78 is 0. The van der Waals surface area contributed by atoms with Crippen LogP contribution in [0.1, 0.15) is 72.1 Å². The Kier molecular flexibility index (Phi) is 5.59. The van der Waals surface area contributed by atoms with Crippen molar-refractivity contribution in [2.45, 2.75) is 90.4 Å².